The van der Waals surface area contributed by atoms with Crippen LogP contribution >= 0.6 is 0 Å². The first-order chi connectivity index (χ1) is 8.22. The highest BCUT2D eigenvalue weighted by atomic mass is 32.2. The summed E-state index contributed by atoms with van der Waals surface area (Å²) >= 11 is 0. The molecule has 2 rings (SSSR count). The first-order valence-electron chi connectivity index (χ1n) is 4.97. The third-order valence-corrected chi connectivity index (χ3v) is 2.84. The lowest BCUT2D eigenvalue weighted by molar-refractivity contribution is -0.0510. The van der Waals surface area contributed by atoms with E-state index in [0.29, 0.717) is 0 Å². The van der Waals surface area contributed by atoms with Gasteiger partial charge in [0.1, 0.15) is 0 Å². The number of hydrogen-bond donors (Lipinski definition) is 1. The Balaban J connectivity index is 0.000000187. The van der Waals surface area contributed by atoms with Gasteiger partial charge in [0, 0.05) is 0 Å². The van der Waals surface area contributed by atoms with Crippen LogP contribution < -0.4 is 0 Å². The van der Waals surface area contributed by atoms with Crippen LogP contribution in [-0.2, 0) is 23.0 Å². The minimum absolute atomic E-state index is 1.12. The second-order valence-corrected chi connectivity index (χ2v) is 4.98. The summed E-state index contributed by atoms with van der Waals surface area (Å²) in [6.07, 6.45) is 6.72. The number of hydrogen-bond acceptors (Lipinski definition) is 2. The zero-order valence-electron chi connectivity index (χ0n) is 9.18. The number of halogens is 3. The molecule has 0 fully saturated rings. The predicted octanol–water partition coefficient (Wildman–Crippen LogP) is 2.74. The van der Waals surface area contributed by atoms with Gasteiger partial charge in [0.05, 0.1) is 0 Å². The van der Waals surface area contributed by atoms with Gasteiger partial charge in [0.2, 0.25) is 0 Å². The van der Waals surface area contributed by atoms with Crippen LogP contribution in [0, 0.1) is 0 Å². The average Bonchev–Trinajstić information content (AvgIpc) is 2.27. The Kier molecular flexibility index (Phi) is 4.53. The fourth-order valence-electron chi connectivity index (χ4n) is 1.38. The van der Waals surface area contributed by atoms with Crippen molar-refractivity contribution < 1.29 is 26.1 Å². The molecule has 1 aliphatic carbocycles. The van der Waals surface area contributed by atoms with Crippen LogP contribution in [0.4, 0.5) is 13.2 Å². The van der Waals surface area contributed by atoms with E-state index in [-0.39, 0.29) is 0 Å². The van der Waals surface area contributed by atoms with Crippen LogP contribution in [0.25, 0.3) is 0 Å². The lowest BCUT2D eigenvalue weighted by Crippen LogP contribution is -2.21. The molecule has 1 aliphatic rings. The van der Waals surface area contributed by atoms with Crippen molar-refractivity contribution in [2.45, 2.75) is 18.3 Å². The minimum atomic E-state index is -5.84. The van der Waals surface area contributed by atoms with E-state index in [4.69, 9.17) is 13.0 Å². The molecule has 0 amide bonds. The molecule has 7 heteroatoms. The molecule has 0 aromatic heterocycles. The van der Waals surface area contributed by atoms with E-state index in [1.165, 1.54) is 11.1 Å². The van der Waals surface area contributed by atoms with Crippen LogP contribution in [0.1, 0.15) is 11.1 Å². The van der Waals surface area contributed by atoms with E-state index in [1.807, 2.05) is 0 Å². The maximum absolute atomic E-state index is 10.7. The number of allylic oxidation sites excluding steroid dienone is 2. The fourth-order valence-corrected chi connectivity index (χ4v) is 1.38. The van der Waals surface area contributed by atoms with Crippen molar-refractivity contribution in [3.8, 4) is 0 Å². The summed E-state index contributed by atoms with van der Waals surface area (Å²) in [7, 11) is -5.84. The second-order valence-electron chi connectivity index (χ2n) is 3.57. The van der Waals surface area contributed by atoms with Crippen LogP contribution in [-0.4, -0.2) is 18.5 Å². The van der Waals surface area contributed by atoms with Crippen LogP contribution in [0.15, 0.2) is 36.4 Å². The first kappa shape index (κ1) is 14.7. The molecule has 1 N–H and O–H groups in total. The second kappa shape index (κ2) is 5.53. The van der Waals surface area contributed by atoms with E-state index < -0.39 is 15.6 Å². The quantitative estimate of drug-likeness (QED) is 0.451. The molecule has 0 saturated heterocycles. The molecule has 0 spiro atoms. The van der Waals surface area contributed by atoms with Gasteiger partial charge in [-0.05, 0) is 24.0 Å². The summed E-state index contributed by atoms with van der Waals surface area (Å²) in [5.74, 6) is 0. The fraction of sp³-hybridized carbons (Fsp3) is 0.273. The molecule has 3 nitrogen and oxygen atoms in total. The number of fused-ring (bicyclic) bond motifs is 1. The summed E-state index contributed by atoms with van der Waals surface area (Å²) in [6, 6.07) is 8.63. The molecular formula is C11H11F3O3S. The summed E-state index contributed by atoms with van der Waals surface area (Å²) in [6.45, 7) is 0. The summed E-state index contributed by atoms with van der Waals surface area (Å²) in [4.78, 5) is 0. The number of rotatable bonds is 0. The average molecular weight is 280 g/mol. The topological polar surface area (TPSA) is 54.4 Å². The highest BCUT2D eigenvalue weighted by Crippen LogP contribution is 2.20. The van der Waals surface area contributed by atoms with Crippen LogP contribution in [0.5, 0.6) is 0 Å². The van der Waals surface area contributed by atoms with E-state index in [2.05, 4.69) is 36.4 Å². The van der Waals surface area contributed by atoms with Crippen molar-refractivity contribution in [2.24, 2.45) is 0 Å². The molecule has 0 atom stereocenters. The lowest BCUT2D eigenvalue weighted by atomic mass is 9.97. The zero-order chi connectivity index (χ0) is 13.8. The molecule has 0 heterocycles. The van der Waals surface area contributed by atoms with Crippen molar-refractivity contribution in [3.63, 3.8) is 0 Å². The monoisotopic (exact) mass is 280 g/mol. The Hall–Kier alpha value is -1.34. The number of alkyl halides is 3. The van der Waals surface area contributed by atoms with E-state index >= 15 is 0 Å². The van der Waals surface area contributed by atoms with E-state index in [1.54, 1.807) is 0 Å². The lowest BCUT2D eigenvalue weighted by Gasteiger charge is -2.08. The predicted molar refractivity (Wildman–Crippen MR) is 60.6 cm³/mol. The van der Waals surface area contributed by atoms with Crippen molar-refractivity contribution in [3.05, 3.63) is 47.5 Å². The summed E-state index contributed by atoms with van der Waals surface area (Å²) in [5, 5.41) is 0. The Labute approximate surface area is 103 Å². The smallest absolute Gasteiger partial charge is 0.279 e. The summed E-state index contributed by atoms with van der Waals surface area (Å²) < 4.78 is 57.5. The van der Waals surface area contributed by atoms with Gasteiger partial charge < -0.3 is 0 Å². The molecule has 1 aromatic carbocycles. The molecule has 100 valence electrons. The Morgan fingerprint density at radius 1 is 1.00 bits per heavy atom. The van der Waals surface area contributed by atoms with Gasteiger partial charge in [0.25, 0.3) is 0 Å². The van der Waals surface area contributed by atoms with Gasteiger partial charge in [-0.15, -0.1) is 0 Å². The van der Waals surface area contributed by atoms with Gasteiger partial charge in [-0.25, -0.2) is 0 Å². The van der Waals surface area contributed by atoms with Crippen LogP contribution in [0.2, 0.25) is 0 Å². The Morgan fingerprint density at radius 2 is 1.33 bits per heavy atom. The molecule has 0 saturated carbocycles. The highest BCUT2D eigenvalue weighted by Gasteiger charge is 2.44. The van der Waals surface area contributed by atoms with Gasteiger partial charge in [-0.2, -0.15) is 21.6 Å². The number of benzene rings is 1. The molecular weight excluding hydrogens is 269 g/mol. The van der Waals surface area contributed by atoms with Crippen molar-refractivity contribution in [1.82, 2.24) is 0 Å². The van der Waals surface area contributed by atoms with Gasteiger partial charge in [-0.1, -0.05) is 36.4 Å². The largest absolute Gasteiger partial charge is 0.522 e. The summed E-state index contributed by atoms with van der Waals surface area (Å²) in [5.41, 5.74) is -2.55. The molecule has 0 aliphatic heterocycles. The van der Waals surface area contributed by atoms with E-state index in [9.17, 15) is 13.2 Å². The van der Waals surface area contributed by atoms with Crippen molar-refractivity contribution in [2.75, 3.05) is 0 Å². The normalized spacial score (nSPS) is 14.4. The van der Waals surface area contributed by atoms with Crippen molar-refractivity contribution in [1.29, 1.82) is 0 Å². The SMILES string of the molecule is C1=CCc2ccccc2C1.O=S(=O)(O)C(F)(F)F. The molecule has 0 radical (unpaired) electrons. The molecule has 0 bridgehead atoms. The van der Waals surface area contributed by atoms with Crippen molar-refractivity contribution >= 4 is 10.1 Å². The third kappa shape index (κ3) is 4.15. The maximum Gasteiger partial charge on any atom is 0.522 e. The Bertz CT molecular complexity index is 506. The minimum Gasteiger partial charge on any atom is -0.279 e. The maximum atomic E-state index is 10.7. The molecule has 18 heavy (non-hydrogen) atoms. The highest BCUT2D eigenvalue weighted by molar-refractivity contribution is 7.86. The Morgan fingerprint density at radius 3 is 1.61 bits per heavy atom. The van der Waals surface area contributed by atoms with Gasteiger partial charge in [-0.3, -0.25) is 4.55 Å². The van der Waals surface area contributed by atoms with Crippen LogP contribution in [0.3, 0.4) is 0 Å². The van der Waals surface area contributed by atoms with Gasteiger partial charge >= 0.3 is 15.6 Å². The standard InChI is InChI=1S/C10H10.CHF3O3S/c1-2-6-10-8-4-3-7-9(10)5-1;2-1(3,4)8(5,6)7/h1-6H,7-8H2;(H,5,6,7). The zero-order valence-corrected chi connectivity index (χ0v) is 10.0. The van der Waals surface area contributed by atoms with Gasteiger partial charge in [0.15, 0.2) is 0 Å². The third-order valence-electron chi connectivity index (χ3n) is 2.25. The molecule has 0 unspecified atom stereocenters. The molecule has 1 aromatic rings. The first-order valence-corrected chi connectivity index (χ1v) is 6.41. The van der Waals surface area contributed by atoms with E-state index in [0.717, 1.165) is 12.8 Å².